The molecule has 1 aliphatic rings. The van der Waals surface area contributed by atoms with Crippen LogP contribution < -0.4 is 0 Å². The van der Waals surface area contributed by atoms with Gasteiger partial charge in [-0.25, -0.2) is 0 Å². The quantitative estimate of drug-likeness (QED) is 0.630. The summed E-state index contributed by atoms with van der Waals surface area (Å²) >= 11 is 0. The third kappa shape index (κ3) is 2.47. The van der Waals surface area contributed by atoms with Crippen LogP contribution in [0.2, 0.25) is 0 Å². The molecular formula is C15H16. The molecule has 0 spiro atoms. The molecule has 1 aromatic rings. The van der Waals surface area contributed by atoms with Crippen LogP contribution in [0.4, 0.5) is 0 Å². The van der Waals surface area contributed by atoms with Crippen molar-refractivity contribution in [3.8, 4) is 0 Å². The fraction of sp³-hybridized carbons (Fsp3) is 0.200. The lowest BCUT2D eigenvalue weighted by Crippen LogP contribution is -1.98. The van der Waals surface area contributed by atoms with E-state index in [9.17, 15) is 0 Å². The smallest absolute Gasteiger partial charge is 0.0150 e. The van der Waals surface area contributed by atoms with Crippen molar-refractivity contribution in [1.82, 2.24) is 0 Å². The average Bonchev–Trinajstić information content (AvgIpc) is 2.25. The summed E-state index contributed by atoms with van der Waals surface area (Å²) in [5, 5.41) is 0. The molecule has 0 bridgehead atoms. The third-order valence-electron chi connectivity index (χ3n) is 2.76. The first-order valence-corrected chi connectivity index (χ1v) is 5.47. The Balaban J connectivity index is 2.34. The molecule has 15 heavy (non-hydrogen) atoms. The van der Waals surface area contributed by atoms with Crippen LogP contribution in [0, 0.1) is 5.92 Å². The van der Waals surface area contributed by atoms with Gasteiger partial charge < -0.3 is 0 Å². The first-order chi connectivity index (χ1) is 7.38. The summed E-state index contributed by atoms with van der Waals surface area (Å²) in [6, 6.07) is 10.6. The zero-order valence-electron chi connectivity index (χ0n) is 9.06. The van der Waals surface area contributed by atoms with Crippen LogP contribution in [0.15, 0.2) is 60.7 Å². The molecule has 0 saturated heterocycles. The maximum atomic E-state index is 2.28. The summed E-state index contributed by atoms with van der Waals surface area (Å²) in [4.78, 5) is 0. The van der Waals surface area contributed by atoms with Crippen LogP contribution in [0.3, 0.4) is 0 Å². The van der Waals surface area contributed by atoms with E-state index in [2.05, 4.69) is 67.6 Å². The minimum Gasteiger partial charge on any atom is -0.0839 e. The first-order valence-electron chi connectivity index (χ1n) is 5.47. The highest BCUT2D eigenvalue weighted by Gasteiger charge is 2.09. The van der Waals surface area contributed by atoms with Gasteiger partial charge in [0.25, 0.3) is 0 Å². The Morgan fingerprint density at radius 3 is 2.60 bits per heavy atom. The highest BCUT2D eigenvalue weighted by Crippen LogP contribution is 2.26. The predicted octanol–water partition coefficient (Wildman–Crippen LogP) is 4.22. The van der Waals surface area contributed by atoms with Gasteiger partial charge in [0, 0.05) is 0 Å². The monoisotopic (exact) mass is 196 g/mol. The van der Waals surface area contributed by atoms with Gasteiger partial charge in [0.15, 0.2) is 0 Å². The van der Waals surface area contributed by atoms with Crippen molar-refractivity contribution >= 4 is 5.57 Å². The normalized spacial score (nSPS) is 28.3. The van der Waals surface area contributed by atoms with E-state index in [0.717, 1.165) is 6.42 Å². The second kappa shape index (κ2) is 4.79. The lowest BCUT2D eigenvalue weighted by atomic mass is 9.90. The molecule has 1 unspecified atom stereocenters. The Morgan fingerprint density at radius 1 is 1.00 bits per heavy atom. The van der Waals surface area contributed by atoms with Gasteiger partial charge in [-0.3, -0.25) is 0 Å². The average molecular weight is 196 g/mol. The standard InChI is InChI=1S/C15H16/c1-13-9-5-2-3-8-12-15(13)14-10-6-4-7-11-14/h2-8,10-13H,9H2,1H3/b5-2+,8-3-,15-12+. The molecule has 0 nitrogen and oxygen atoms in total. The lowest BCUT2D eigenvalue weighted by Gasteiger charge is -2.15. The summed E-state index contributed by atoms with van der Waals surface area (Å²) in [5.74, 6) is 0.591. The van der Waals surface area contributed by atoms with Crippen LogP contribution in [-0.2, 0) is 0 Å². The molecule has 76 valence electrons. The Kier molecular flexibility index (Phi) is 3.18. The minimum atomic E-state index is 0.591. The molecule has 1 atom stereocenters. The van der Waals surface area contributed by atoms with E-state index in [0.29, 0.717) is 5.92 Å². The number of hydrogen-bond donors (Lipinski definition) is 0. The van der Waals surface area contributed by atoms with Crippen LogP contribution in [-0.4, -0.2) is 0 Å². The van der Waals surface area contributed by atoms with Gasteiger partial charge in [0.2, 0.25) is 0 Å². The Hall–Kier alpha value is -1.56. The summed E-state index contributed by atoms with van der Waals surface area (Å²) in [5.41, 5.74) is 2.76. The Morgan fingerprint density at radius 2 is 1.80 bits per heavy atom. The van der Waals surface area contributed by atoms with Crippen molar-refractivity contribution in [2.45, 2.75) is 13.3 Å². The van der Waals surface area contributed by atoms with Gasteiger partial charge in [0.05, 0.1) is 0 Å². The van der Waals surface area contributed by atoms with Gasteiger partial charge in [-0.2, -0.15) is 0 Å². The minimum absolute atomic E-state index is 0.591. The molecule has 2 rings (SSSR count). The zero-order valence-corrected chi connectivity index (χ0v) is 9.06. The molecule has 0 fully saturated rings. The van der Waals surface area contributed by atoms with Crippen molar-refractivity contribution in [2.75, 3.05) is 0 Å². The molecule has 0 N–H and O–H groups in total. The summed E-state index contributed by atoms with van der Waals surface area (Å²) in [6.45, 7) is 2.28. The predicted molar refractivity (Wildman–Crippen MR) is 66.5 cm³/mol. The van der Waals surface area contributed by atoms with Gasteiger partial charge in [-0.1, -0.05) is 67.6 Å². The van der Waals surface area contributed by atoms with E-state index in [1.807, 2.05) is 0 Å². The fourth-order valence-electron chi connectivity index (χ4n) is 1.89. The molecule has 0 radical (unpaired) electrons. The van der Waals surface area contributed by atoms with Crippen LogP contribution >= 0.6 is 0 Å². The van der Waals surface area contributed by atoms with Gasteiger partial charge in [-0.05, 0) is 23.5 Å². The second-order valence-corrected chi connectivity index (χ2v) is 3.94. The van der Waals surface area contributed by atoms with E-state index < -0.39 is 0 Å². The SMILES string of the molecule is CC1C/C=C/C=C\C=C/1c1ccccc1. The lowest BCUT2D eigenvalue weighted by molar-refractivity contribution is 0.765. The molecular weight excluding hydrogens is 180 g/mol. The number of benzene rings is 1. The van der Waals surface area contributed by atoms with E-state index in [1.165, 1.54) is 11.1 Å². The van der Waals surface area contributed by atoms with Crippen LogP contribution in [0.5, 0.6) is 0 Å². The number of hydrogen-bond acceptors (Lipinski definition) is 0. The molecule has 1 aromatic carbocycles. The highest BCUT2D eigenvalue weighted by molar-refractivity contribution is 5.69. The molecule has 1 aliphatic carbocycles. The maximum absolute atomic E-state index is 2.28. The summed E-state index contributed by atoms with van der Waals surface area (Å²) in [6.07, 6.45) is 11.9. The number of allylic oxidation sites excluding steroid dienone is 6. The molecule has 0 heteroatoms. The molecule has 0 amide bonds. The molecule has 0 aromatic heterocycles. The van der Waals surface area contributed by atoms with Crippen molar-refractivity contribution in [1.29, 1.82) is 0 Å². The second-order valence-electron chi connectivity index (χ2n) is 3.94. The van der Waals surface area contributed by atoms with Crippen molar-refractivity contribution < 1.29 is 0 Å². The topological polar surface area (TPSA) is 0 Å². The van der Waals surface area contributed by atoms with E-state index in [1.54, 1.807) is 0 Å². The molecule has 0 heterocycles. The fourth-order valence-corrected chi connectivity index (χ4v) is 1.89. The highest BCUT2D eigenvalue weighted by atomic mass is 14.1. The van der Waals surface area contributed by atoms with Crippen molar-refractivity contribution in [2.24, 2.45) is 5.92 Å². The van der Waals surface area contributed by atoms with E-state index >= 15 is 0 Å². The van der Waals surface area contributed by atoms with Crippen LogP contribution in [0.1, 0.15) is 18.9 Å². The van der Waals surface area contributed by atoms with Crippen molar-refractivity contribution in [3.05, 3.63) is 66.3 Å². The zero-order chi connectivity index (χ0) is 10.5. The van der Waals surface area contributed by atoms with Crippen LogP contribution in [0.25, 0.3) is 5.57 Å². The van der Waals surface area contributed by atoms with Crippen molar-refractivity contribution in [3.63, 3.8) is 0 Å². The number of rotatable bonds is 1. The molecule has 0 aliphatic heterocycles. The summed E-state index contributed by atoms with van der Waals surface area (Å²) < 4.78 is 0. The van der Waals surface area contributed by atoms with E-state index in [-0.39, 0.29) is 0 Å². The van der Waals surface area contributed by atoms with E-state index in [4.69, 9.17) is 0 Å². The van der Waals surface area contributed by atoms with Gasteiger partial charge >= 0.3 is 0 Å². The Labute approximate surface area is 91.6 Å². The maximum Gasteiger partial charge on any atom is -0.0150 e. The van der Waals surface area contributed by atoms with Gasteiger partial charge in [0.1, 0.15) is 0 Å². The summed E-state index contributed by atoms with van der Waals surface area (Å²) in [7, 11) is 0. The largest absolute Gasteiger partial charge is 0.0839 e. The Bertz CT molecular complexity index is 393. The first kappa shape index (κ1) is 9.97. The van der Waals surface area contributed by atoms with Gasteiger partial charge in [-0.15, -0.1) is 0 Å². The third-order valence-corrected chi connectivity index (χ3v) is 2.76. The molecule has 0 saturated carbocycles.